The van der Waals surface area contributed by atoms with Gasteiger partial charge in [-0.3, -0.25) is 0 Å². The van der Waals surface area contributed by atoms with Crippen LogP contribution in [-0.2, 0) is 6.54 Å². The number of nitrogens with zero attached hydrogens (tertiary/aromatic N) is 2. The lowest BCUT2D eigenvalue weighted by molar-refractivity contribution is 0.674. The molecule has 20 heavy (non-hydrogen) atoms. The lowest BCUT2D eigenvalue weighted by atomic mass is 10.1. The lowest BCUT2D eigenvalue weighted by Crippen LogP contribution is -2.28. The van der Waals surface area contributed by atoms with Crippen molar-refractivity contribution in [3.05, 3.63) is 22.9 Å². The van der Waals surface area contributed by atoms with E-state index in [1.54, 1.807) is 0 Å². The summed E-state index contributed by atoms with van der Waals surface area (Å²) in [5, 5.41) is 3.66. The van der Waals surface area contributed by atoms with Crippen LogP contribution in [0.4, 0.5) is 5.82 Å². The average molecular weight is 273 g/mol. The van der Waals surface area contributed by atoms with E-state index in [-0.39, 0.29) is 0 Å². The van der Waals surface area contributed by atoms with E-state index in [1.165, 1.54) is 68.6 Å². The van der Waals surface area contributed by atoms with Crippen LogP contribution in [0.1, 0.15) is 55.3 Å². The molecule has 3 rings (SSSR count). The Balaban J connectivity index is 1.84. The van der Waals surface area contributed by atoms with Crippen LogP contribution in [-0.4, -0.2) is 24.1 Å². The second-order valence-electron chi connectivity index (χ2n) is 6.44. The number of hydrogen-bond acceptors (Lipinski definition) is 3. The minimum absolute atomic E-state index is 0.757. The van der Waals surface area contributed by atoms with Gasteiger partial charge in [-0.1, -0.05) is 12.8 Å². The molecule has 2 aliphatic rings. The largest absolute Gasteiger partial charge is 0.356 e. The highest BCUT2D eigenvalue weighted by Gasteiger charge is 2.22. The van der Waals surface area contributed by atoms with Crippen LogP contribution in [0.15, 0.2) is 6.07 Å². The summed E-state index contributed by atoms with van der Waals surface area (Å²) in [7, 11) is 0. The quantitative estimate of drug-likeness (QED) is 0.912. The molecule has 1 aromatic rings. The van der Waals surface area contributed by atoms with Gasteiger partial charge < -0.3 is 10.2 Å². The fourth-order valence-electron chi connectivity index (χ4n) is 3.14. The van der Waals surface area contributed by atoms with E-state index in [2.05, 4.69) is 30.1 Å². The highest BCUT2D eigenvalue weighted by atomic mass is 15.2. The van der Waals surface area contributed by atoms with E-state index < -0.39 is 0 Å². The van der Waals surface area contributed by atoms with Gasteiger partial charge in [-0.05, 0) is 51.2 Å². The molecule has 110 valence electrons. The molecule has 0 unspecified atom stereocenters. The standard InChI is InChI=1S/C17H27N3/c1-13-11-14(2)19-17(16(13)12-18-15-7-8-15)20-9-5-3-4-6-10-20/h11,15,18H,3-10,12H2,1-2H3. The van der Waals surface area contributed by atoms with Gasteiger partial charge in [-0.15, -0.1) is 0 Å². The summed E-state index contributed by atoms with van der Waals surface area (Å²) in [6.45, 7) is 7.68. The van der Waals surface area contributed by atoms with E-state index in [9.17, 15) is 0 Å². The Bertz CT molecular complexity index is 458. The Morgan fingerprint density at radius 3 is 2.50 bits per heavy atom. The van der Waals surface area contributed by atoms with Crippen LogP contribution in [0, 0.1) is 13.8 Å². The average Bonchev–Trinajstić information content (AvgIpc) is 3.24. The molecule has 0 radical (unpaired) electrons. The third-order valence-corrected chi connectivity index (χ3v) is 4.50. The van der Waals surface area contributed by atoms with Crippen LogP contribution in [0.25, 0.3) is 0 Å². The van der Waals surface area contributed by atoms with Crippen molar-refractivity contribution in [2.24, 2.45) is 0 Å². The van der Waals surface area contributed by atoms with Gasteiger partial charge in [0.15, 0.2) is 0 Å². The first kappa shape index (κ1) is 13.9. The van der Waals surface area contributed by atoms with Crippen molar-refractivity contribution in [1.82, 2.24) is 10.3 Å². The third-order valence-electron chi connectivity index (χ3n) is 4.50. The van der Waals surface area contributed by atoms with Crippen molar-refractivity contribution in [2.75, 3.05) is 18.0 Å². The number of anilines is 1. The topological polar surface area (TPSA) is 28.2 Å². The molecule has 0 bridgehead atoms. The molecule has 2 heterocycles. The van der Waals surface area contributed by atoms with Gasteiger partial charge in [-0.2, -0.15) is 0 Å². The van der Waals surface area contributed by atoms with Crippen LogP contribution in [0.3, 0.4) is 0 Å². The first-order chi connectivity index (χ1) is 9.74. The minimum Gasteiger partial charge on any atom is -0.356 e. The summed E-state index contributed by atoms with van der Waals surface area (Å²) < 4.78 is 0. The van der Waals surface area contributed by atoms with Gasteiger partial charge in [0.25, 0.3) is 0 Å². The molecule has 1 saturated carbocycles. The van der Waals surface area contributed by atoms with E-state index in [1.807, 2.05) is 0 Å². The Hall–Kier alpha value is -1.09. The van der Waals surface area contributed by atoms with Crippen molar-refractivity contribution in [1.29, 1.82) is 0 Å². The monoisotopic (exact) mass is 273 g/mol. The van der Waals surface area contributed by atoms with E-state index in [0.717, 1.165) is 18.3 Å². The smallest absolute Gasteiger partial charge is 0.133 e. The molecule has 3 nitrogen and oxygen atoms in total. The number of nitrogens with one attached hydrogen (secondary N) is 1. The maximum Gasteiger partial charge on any atom is 0.133 e. The number of aryl methyl sites for hydroxylation is 2. The maximum atomic E-state index is 4.88. The number of rotatable bonds is 4. The number of pyridine rings is 1. The molecule has 1 N–H and O–H groups in total. The van der Waals surface area contributed by atoms with Crippen molar-refractivity contribution >= 4 is 5.82 Å². The summed E-state index contributed by atoms with van der Waals surface area (Å²) in [4.78, 5) is 7.41. The summed E-state index contributed by atoms with van der Waals surface area (Å²) in [5.41, 5.74) is 3.96. The van der Waals surface area contributed by atoms with Gasteiger partial charge >= 0.3 is 0 Å². The predicted octanol–water partition coefficient (Wildman–Crippen LogP) is 3.33. The summed E-state index contributed by atoms with van der Waals surface area (Å²) in [6, 6.07) is 2.98. The molecule has 0 aromatic carbocycles. The normalized spacial score (nSPS) is 20.0. The van der Waals surface area contributed by atoms with Crippen molar-refractivity contribution in [3.63, 3.8) is 0 Å². The Kier molecular flexibility index (Phi) is 4.25. The fourth-order valence-corrected chi connectivity index (χ4v) is 3.14. The third kappa shape index (κ3) is 3.32. The van der Waals surface area contributed by atoms with Crippen molar-refractivity contribution in [3.8, 4) is 0 Å². The predicted molar refractivity (Wildman–Crippen MR) is 84.3 cm³/mol. The Morgan fingerprint density at radius 1 is 1.15 bits per heavy atom. The van der Waals surface area contributed by atoms with Crippen LogP contribution < -0.4 is 10.2 Å². The van der Waals surface area contributed by atoms with Gasteiger partial charge in [-0.25, -0.2) is 4.98 Å². The Labute approximate surface area is 122 Å². The molecule has 1 saturated heterocycles. The summed E-state index contributed by atoms with van der Waals surface area (Å²) in [5.74, 6) is 1.25. The fraction of sp³-hybridized carbons (Fsp3) is 0.706. The molecule has 0 amide bonds. The lowest BCUT2D eigenvalue weighted by Gasteiger charge is -2.26. The summed E-state index contributed by atoms with van der Waals surface area (Å²) in [6.07, 6.45) is 8.05. The highest BCUT2D eigenvalue weighted by Crippen LogP contribution is 2.27. The number of aromatic nitrogens is 1. The van der Waals surface area contributed by atoms with Crippen LogP contribution in [0.2, 0.25) is 0 Å². The maximum absolute atomic E-state index is 4.88. The molecule has 1 aliphatic heterocycles. The first-order valence-corrected chi connectivity index (χ1v) is 8.19. The highest BCUT2D eigenvalue weighted by molar-refractivity contribution is 5.51. The zero-order valence-electron chi connectivity index (χ0n) is 12.9. The van der Waals surface area contributed by atoms with Crippen molar-refractivity contribution < 1.29 is 0 Å². The molecule has 0 spiro atoms. The molecule has 0 atom stereocenters. The second kappa shape index (κ2) is 6.13. The Morgan fingerprint density at radius 2 is 1.85 bits per heavy atom. The van der Waals surface area contributed by atoms with Gasteiger partial charge in [0.1, 0.15) is 5.82 Å². The molecular formula is C17H27N3. The molecular weight excluding hydrogens is 246 g/mol. The molecule has 1 aromatic heterocycles. The van der Waals surface area contributed by atoms with Crippen LogP contribution in [0.5, 0.6) is 0 Å². The zero-order chi connectivity index (χ0) is 13.9. The summed E-state index contributed by atoms with van der Waals surface area (Å²) >= 11 is 0. The van der Waals surface area contributed by atoms with E-state index in [4.69, 9.17) is 4.98 Å². The van der Waals surface area contributed by atoms with Gasteiger partial charge in [0.2, 0.25) is 0 Å². The zero-order valence-corrected chi connectivity index (χ0v) is 12.9. The first-order valence-electron chi connectivity index (χ1n) is 8.19. The molecule has 1 aliphatic carbocycles. The van der Waals surface area contributed by atoms with Gasteiger partial charge in [0.05, 0.1) is 0 Å². The molecule has 3 heteroatoms. The van der Waals surface area contributed by atoms with E-state index >= 15 is 0 Å². The second-order valence-corrected chi connectivity index (χ2v) is 6.44. The van der Waals surface area contributed by atoms with Crippen molar-refractivity contribution in [2.45, 2.75) is 65.0 Å². The van der Waals surface area contributed by atoms with Crippen LogP contribution >= 0.6 is 0 Å². The SMILES string of the molecule is Cc1cc(C)c(CNC2CC2)c(N2CCCCCC2)n1. The number of hydrogen-bond donors (Lipinski definition) is 1. The minimum atomic E-state index is 0.757. The van der Waals surface area contributed by atoms with E-state index in [0.29, 0.717) is 0 Å². The van der Waals surface area contributed by atoms with Gasteiger partial charge in [0, 0.05) is 36.9 Å². The molecule has 2 fully saturated rings.